The molecule has 10 heteroatoms. The van der Waals surface area contributed by atoms with E-state index < -0.39 is 15.1 Å². The minimum atomic E-state index is -3.47. The van der Waals surface area contributed by atoms with E-state index in [0.717, 1.165) is 0 Å². The molecule has 0 bridgehead atoms. The number of H-pyrrole nitrogens is 1. The molecule has 0 unspecified atom stereocenters. The van der Waals surface area contributed by atoms with Gasteiger partial charge in [-0.3, -0.25) is 5.10 Å². The standard InChI is InChI=1S/C16H17ClN6O2S/c1-10(2)26(24,25)14-6-4-3-5-13(14)22-15-12(17)9-18-16(23-15)21-11-7-19-20-8-11/h3-10H,1-2H3,(H,19,20)(H2,18,21,22,23). The molecule has 1 aromatic carbocycles. The summed E-state index contributed by atoms with van der Waals surface area (Å²) in [7, 11) is -3.47. The Bertz CT molecular complexity index is 1010. The van der Waals surface area contributed by atoms with Crippen LogP contribution in [0.1, 0.15) is 13.8 Å². The molecule has 0 saturated carbocycles. The van der Waals surface area contributed by atoms with Crippen LogP contribution in [0.5, 0.6) is 0 Å². The summed E-state index contributed by atoms with van der Waals surface area (Å²) < 4.78 is 25.2. The number of anilines is 4. The lowest BCUT2D eigenvalue weighted by Gasteiger charge is -2.15. The average molecular weight is 393 g/mol. The predicted octanol–water partition coefficient (Wildman–Crippen LogP) is 3.52. The summed E-state index contributed by atoms with van der Waals surface area (Å²) in [5.74, 6) is 0.585. The largest absolute Gasteiger partial charge is 0.338 e. The Labute approximate surface area is 156 Å². The SMILES string of the molecule is CC(C)S(=O)(=O)c1ccccc1Nc1nc(Nc2cn[nH]c2)ncc1Cl. The molecule has 8 nitrogen and oxygen atoms in total. The summed E-state index contributed by atoms with van der Waals surface area (Å²) >= 11 is 6.17. The zero-order chi connectivity index (χ0) is 18.7. The zero-order valence-electron chi connectivity index (χ0n) is 14.1. The highest BCUT2D eigenvalue weighted by Gasteiger charge is 2.23. The molecule has 2 aromatic heterocycles. The van der Waals surface area contributed by atoms with Crippen LogP contribution in [0.25, 0.3) is 0 Å². The van der Waals surface area contributed by atoms with E-state index in [4.69, 9.17) is 11.6 Å². The van der Waals surface area contributed by atoms with Gasteiger partial charge in [0.1, 0.15) is 5.02 Å². The van der Waals surface area contributed by atoms with E-state index in [1.54, 1.807) is 50.5 Å². The highest BCUT2D eigenvalue weighted by atomic mass is 35.5. The molecule has 3 rings (SSSR count). The highest BCUT2D eigenvalue weighted by Crippen LogP contribution is 2.30. The van der Waals surface area contributed by atoms with Gasteiger partial charge in [0.05, 0.1) is 33.9 Å². The summed E-state index contributed by atoms with van der Waals surface area (Å²) in [4.78, 5) is 8.60. The topological polar surface area (TPSA) is 113 Å². The Morgan fingerprint density at radius 3 is 2.62 bits per heavy atom. The van der Waals surface area contributed by atoms with Gasteiger partial charge in [0.15, 0.2) is 15.7 Å². The van der Waals surface area contributed by atoms with Crippen LogP contribution in [0.3, 0.4) is 0 Å². The van der Waals surface area contributed by atoms with Gasteiger partial charge in [-0.15, -0.1) is 0 Å². The number of nitrogens with one attached hydrogen (secondary N) is 3. The minimum absolute atomic E-state index is 0.189. The van der Waals surface area contributed by atoms with Crippen molar-refractivity contribution in [3.63, 3.8) is 0 Å². The fraction of sp³-hybridized carbons (Fsp3) is 0.188. The van der Waals surface area contributed by atoms with Crippen molar-refractivity contribution in [2.24, 2.45) is 0 Å². The molecule has 0 radical (unpaired) electrons. The normalized spacial score (nSPS) is 11.5. The molecule has 0 atom stereocenters. The Hall–Kier alpha value is -2.65. The molecular weight excluding hydrogens is 376 g/mol. The van der Waals surface area contributed by atoms with Gasteiger partial charge in [-0.2, -0.15) is 10.1 Å². The number of halogens is 1. The van der Waals surface area contributed by atoms with Crippen LogP contribution in [-0.4, -0.2) is 33.8 Å². The van der Waals surface area contributed by atoms with Crippen LogP contribution in [0.4, 0.5) is 23.1 Å². The second-order valence-corrected chi connectivity index (χ2v) is 8.60. The average Bonchev–Trinajstić information content (AvgIpc) is 3.11. The monoisotopic (exact) mass is 392 g/mol. The zero-order valence-corrected chi connectivity index (χ0v) is 15.6. The molecule has 0 aliphatic carbocycles. The summed E-state index contributed by atoms with van der Waals surface area (Å²) in [6.45, 7) is 3.27. The maximum absolute atomic E-state index is 12.6. The third-order valence-corrected chi connectivity index (χ3v) is 6.05. The van der Waals surface area contributed by atoms with Gasteiger partial charge >= 0.3 is 0 Å². The first kappa shape index (κ1) is 18.2. The first-order valence-corrected chi connectivity index (χ1v) is 9.68. The van der Waals surface area contributed by atoms with Crippen molar-refractivity contribution in [1.82, 2.24) is 20.2 Å². The van der Waals surface area contributed by atoms with Gasteiger partial charge in [-0.1, -0.05) is 23.7 Å². The fourth-order valence-electron chi connectivity index (χ4n) is 2.16. The molecule has 3 N–H and O–H groups in total. The minimum Gasteiger partial charge on any atom is -0.338 e. The summed E-state index contributed by atoms with van der Waals surface area (Å²) in [5.41, 5.74) is 1.08. The fourth-order valence-corrected chi connectivity index (χ4v) is 3.50. The molecule has 0 fully saturated rings. The van der Waals surface area contributed by atoms with E-state index >= 15 is 0 Å². The highest BCUT2D eigenvalue weighted by molar-refractivity contribution is 7.92. The maximum atomic E-state index is 12.6. The molecule has 0 amide bonds. The molecule has 0 aliphatic heterocycles. The lowest BCUT2D eigenvalue weighted by Crippen LogP contribution is -2.15. The summed E-state index contributed by atoms with van der Waals surface area (Å²) in [6.07, 6.45) is 4.66. The number of hydrogen-bond acceptors (Lipinski definition) is 7. The van der Waals surface area contributed by atoms with Gasteiger partial charge in [-0.05, 0) is 26.0 Å². The van der Waals surface area contributed by atoms with E-state index in [9.17, 15) is 8.42 Å². The molecule has 0 saturated heterocycles. The number of aromatic amines is 1. The lowest BCUT2D eigenvalue weighted by atomic mass is 10.3. The van der Waals surface area contributed by atoms with Crippen LogP contribution in [0.2, 0.25) is 5.02 Å². The number of aromatic nitrogens is 4. The van der Waals surface area contributed by atoms with Crippen molar-refractivity contribution < 1.29 is 8.42 Å². The van der Waals surface area contributed by atoms with Crippen molar-refractivity contribution in [3.05, 3.63) is 47.9 Å². The van der Waals surface area contributed by atoms with Crippen molar-refractivity contribution in [2.45, 2.75) is 24.0 Å². The molecule has 0 spiro atoms. The molecule has 3 aromatic rings. The lowest BCUT2D eigenvalue weighted by molar-refractivity contribution is 0.588. The van der Waals surface area contributed by atoms with Crippen LogP contribution in [-0.2, 0) is 9.84 Å². The molecule has 136 valence electrons. The third-order valence-electron chi connectivity index (χ3n) is 3.57. The van der Waals surface area contributed by atoms with Gasteiger partial charge in [-0.25, -0.2) is 13.4 Å². The summed E-state index contributed by atoms with van der Waals surface area (Å²) in [6, 6.07) is 6.63. The Morgan fingerprint density at radius 1 is 1.15 bits per heavy atom. The Morgan fingerprint density at radius 2 is 1.92 bits per heavy atom. The number of sulfone groups is 1. The van der Waals surface area contributed by atoms with Gasteiger partial charge in [0, 0.05) is 6.20 Å². The molecular formula is C16H17ClN6O2S. The number of hydrogen-bond donors (Lipinski definition) is 3. The summed E-state index contributed by atoms with van der Waals surface area (Å²) in [5, 5.41) is 12.2. The van der Waals surface area contributed by atoms with E-state index in [-0.39, 0.29) is 9.92 Å². The van der Waals surface area contributed by atoms with Crippen LogP contribution in [0.15, 0.2) is 47.8 Å². The predicted molar refractivity (Wildman–Crippen MR) is 101 cm³/mol. The number of para-hydroxylation sites is 1. The van der Waals surface area contributed by atoms with E-state index in [2.05, 4.69) is 30.8 Å². The third kappa shape index (κ3) is 3.78. The Kier molecular flexibility index (Phi) is 5.10. The van der Waals surface area contributed by atoms with Gasteiger partial charge in [0.2, 0.25) is 5.95 Å². The number of rotatable bonds is 6. The first-order valence-electron chi connectivity index (χ1n) is 7.76. The van der Waals surface area contributed by atoms with Gasteiger partial charge < -0.3 is 10.6 Å². The van der Waals surface area contributed by atoms with E-state index in [0.29, 0.717) is 23.1 Å². The smallest absolute Gasteiger partial charge is 0.229 e. The number of nitrogens with zero attached hydrogens (tertiary/aromatic N) is 3. The van der Waals surface area contributed by atoms with Gasteiger partial charge in [0.25, 0.3) is 0 Å². The number of benzene rings is 1. The molecule has 0 aliphatic rings. The van der Waals surface area contributed by atoms with E-state index in [1.807, 2.05) is 0 Å². The quantitative estimate of drug-likeness (QED) is 0.588. The van der Waals surface area contributed by atoms with Crippen LogP contribution >= 0.6 is 11.6 Å². The molecule has 2 heterocycles. The molecule has 26 heavy (non-hydrogen) atoms. The first-order chi connectivity index (χ1) is 12.4. The van der Waals surface area contributed by atoms with Crippen molar-refractivity contribution >= 4 is 44.6 Å². The van der Waals surface area contributed by atoms with Crippen molar-refractivity contribution in [1.29, 1.82) is 0 Å². The Balaban J connectivity index is 1.95. The second-order valence-electron chi connectivity index (χ2n) is 5.72. The van der Waals surface area contributed by atoms with Crippen LogP contribution in [0, 0.1) is 0 Å². The van der Waals surface area contributed by atoms with Crippen molar-refractivity contribution in [3.8, 4) is 0 Å². The van der Waals surface area contributed by atoms with E-state index in [1.165, 1.54) is 6.20 Å². The van der Waals surface area contributed by atoms with Crippen LogP contribution < -0.4 is 10.6 Å². The maximum Gasteiger partial charge on any atom is 0.229 e. The second kappa shape index (κ2) is 7.30. The van der Waals surface area contributed by atoms with Crippen molar-refractivity contribution in [2.75, 3.05) is 10.6 Å².